The minimum atomic E-state index is -0.399. The summed E-state index contributed by atoms with van der Waals surface area (Å²) in [4.78, 5) is 40.9. The molecule has 1 heterocycles. The van der Waals surface area contributed by atoms with Gasteiger partial charge in [0.05, 0.1) is 12.5 Å². The highest BCUT2D eigenvalue weighted by atomic mass is 16.2. The zero-order chi connectivity index (χ0) is 22.5. The van der Waals surface area contributed by atoms with E-state index in [-0.39, 0.29) is 30.7 Å². The van der Waals surface area contributed by atoms with Crippen LogP contribution in [-0.4, -0.2) is 54.2 Å². The number of rotatable bonds is 7. The van der Waals surface area contributed by atoms with Gasteiger partial charge in [-0.15, -0.1) is 0 Å². The normalized spacial score (nSPS) is 15.8. The molecule has 31 heavy (non-hydrogen) atoms. The number of carbonyl (C=O) groups is 3. The fraction of sp³-hybridized carbons (Fsp3) is 0.400. The van der Waals surface area contributed by atoms with E-state index in [9.17, 15) is 14.4 Å². The summed E-state index contributed by atoms with van der Waals surface area (Å²) in [5.74, 6) is -0.804. The Hall–Kier alpha value is -3.15. The molecule has 6 heteroatoms. The van der Waals surface area contributed by atoms with Crippen LogP contribution in [0.4, 0.5) is 5.69 Å². The average molecular weight is 422 g/mol. The van der Waals surface area contributed by atoms with Crippen LogP contribution in [0.1, 0.15) is 28.7 Å². The molecule has 0 aliphatic carbocycles. The van der Waals surface area contributed by atoms with Crippen LogP contribution in [0.3, 0.4) is 0 Å². The summed E-state index contributed by atoms with van der Waals surface area (Å²) in [7, 11) is 1.62. The van der Waals surface area contributed by atoms with Gasteiger partial charge in [0.1, 0.15) is 0 Å². The smallest absolute Gasteiger partial charge is 0.243 e. The van der Waals surface area contributed by atoms with Crippen molar-refractivity contribution in [2.24, 2.45) is 5.92 Å². The van der Waals surface area contributed by atoms with Crippen molar-refractivity contribution >= 4 is 23.4 Å². The van der Waals surface area contributed by atoms with E-state index in [1.807, 2.05) is 63.2 Å². The fourth-order valence-corrected chi connectivity index (χ4v) is 4.22. The van der Waals surface area contributed by atoms with Crippen LogP contribution in [0.5, 0.6) is 0 Å². The molecular formula is C25H31N3O3. The minimum absolute atomic E-state index is 0.00182. The van der Waals surface area contributed by atoms with Gasteiger partial charge >= 0.3 is 0 Å². The van der Waals surface area contributed by atoms with Gasteiger partial charge in [-0.2, -0.15) is 0 Å². The lowest BCUT2D eigenvalue weighted by Gasteiger charge is -2.22. The molecule has 1 atom stereocenters. The first-order valence-corrected chi connectivity index (χ1v) is 10.7. The van der Waals surface area contributed by atoms with Gasteiger partial charge in [0.25, 0.3) is 0 Å². The number of amides is 3. The number of aryl methyl sites for hydroxylation is 3. The molecule has 0 saturated carbocycles. The first-order chi connectivity index (χ1) is 14.7. The summed E-state index contributed by atoms with van der Waals surface area (Å²) in [5, 5.41) is 2.93. The van der Waals surface area contributed by atoms with Crippen molar-refractivity contribution in [3.05, 3.63) is 64.7 Å². The molecule has 2 aromatic rings. The standard InChI is InChI=1S/C25H31N3O3/c1-17-12-18(2)24(19(3)13-17)26-22(29)16-27(4)25(31)21-14-23(30)28(15-21)11-10-20-8-6-5-7-9-20/h5-9,12-13,21H,10-11,14-16H2,1-4H3,(H,26,29). The van der Waals surface area contributed by atoms with E-state index in [4.69, 9.17) is 0 Å². The van der Waals surface area contributed by atoms with Gasteiger partial charge in [0.15, 0.2) is 0 Å². The van der Waals surface area contributed by atoms with Crippen LogP contribution >= 0.6 is 0 Å². The third-order valence-corrected chi connectivity index (χ3v) is 5.78. The first kappa shape index (κ1) is 22.5. The molecule has 0 bridgehead atoms. The number of nitrogens with zero attached hydrogens (tertiary/aromatic N) is 2. The second-order valence-electron chi connectivity index (χ2n) is 8.49. The Morgan fingerprint density at radius 3 is 2.39 bits per heavy atom. The number of hydrogen-bond donors (Lipinski definition) is 1. The Morgan fingerprint density at radius 1 is 1.10 bits per heavy atom. The van der Waals surface area contributed by atoms with Gasteiger partial charge in [0, 0.05) is 32.2 Å². The number of carbonyl (C=O) groups excluding carboxylic acids is 3. The average Bonchev–Trinajstić information content (AvgIpc) is 3.09. The van der Waals surface area contributed by atoms with E-state index < -0.39 is 5.92 Å². The largest absolute Gasteiger partial charge is 0.342 e. The topological polar surface area (TPSA) is 69.7 Å². The maximum Gasteiger partial charge on any atom is 0.243 e. The lowest BCUT2D eigenvalue weighted by molar-refractivity contribution is -0.137. The molecule has 0 radical (unpaired) electrons. The van der Waals surface area contributed by atoms with Crippen molar-refractivity contribution in [1.82, 2.24) is 9.80 Å². The number of nitrogens with one attached hydrogen (secondary N) is 1. The predicted molar refractivity (Wildman–Crippen MR) is 122 cm³/mol. The quantitative estimate of drug-likeness (QED) is 0.747. The molecule has 3 rings (SSSR count). The zero-order valence-electron chi connectivity index (χ0n) is 18.8. The highest BCUT2D eigenvalue weighted by Gasteiger charge is 2.35. The molecule has 1 aliphatic rings. The molecule has 1 N–H and O–H groups in total. The summed E-state index contributed by atoms with van der Waals surface area (Å²) < 4.78 is 0. The molecule has 3 amide bonds. The van der Waals surface area contributed by atoms with Crippen LogP contribution in [0, 0.1) is 26.7 Å². The fourth-order valence-electron chi connectivity index (χ4n) is 4.22. The van der Waals surface area contributed by atoms with Crippen molar-refractivity contribution in [3.63, 3.8) is 0 Å². The Bertz CT molecular complexity index is 948. The maximum absolute atomic E-state index is 12.8. The van der Waals surface area contributed by atoms with Gasteiger partial charge in [-0.1, -0.05) is 48.0 Å². The Morgan fingerprint density at radius 2 is 1.74 bits per heavy atom. The lowest BCUT2D eigenvalue weighted by atomic mass is 10.0. The highest BCUT2D eigenvalue weighted by Crippen LogP contribution is 2.23. The predicted octanol–water partition coefficient (Wildman–Crippen LogP) is 3.10. The van der Waals surface area contributed by atoms with Crippen molar-refractivity contribution in [3.8, 4) is 0 Å². The number of likely N-dealkylation sites (tertiary alicyclic amines) is 1. The van der Waals surface area contributed by atoms with Crippen molar-refractivity contribution < 1.29 is 14.4 Å². The zero-order valence-corrected chi connectivity index (χ0v) is 18.8. The number of hydrogen-bond acceptors (Lipinski definition) is 3. The van der Waals surface area contributed by atoms with Crippen LogP contribution in [0.15, 0.2) is 42.5 Å². The van der Waals surface area contributed by atoms with E-state index in [1.54, 1.807) is 11.9 Å². The van der Waals surface area contributed by atoms with Gasteiger partial charge in [-0.25, -0.2) is 0 Å². The number of benzene rings is 2. The number of anilines is 1. The summed E-state index contributed by atoms with van der Waals surface area (Å²) in [6.07, 6.45) is 0.969. The first-order valence-electron chi connectivity index (χ1n) is 10.7. The van der Waals surface area contributed by atoms with E-state index in [1.165, 1.54) is 10.5 Å². The monoisotopic (exact) mass is 421 g/mol. The highest BCUT2D eigenvalue weighted by molar-refractivity contribution is 5.97. The van der Waals surface area contributed by atoms with Gasteiger partial charge in [-0.3, -0.25) is 14.4 Å². The second-order valence-corrected chi connectivity index (χ2v) is 8.49. The Balaban J connectivity index is 1.53. The van der Waals surface area contributed by atoms with Crippen molar-refractivity contribution in [1.29, 1.82) is 0 Å². The van der Waals surface area contributed by atoms with Crippen molar-refractivity contribution in [2.75, 3.05) is 32.0 Å². The molecule has 0 spiro atoms. The molecular weight excluding hydrogens is 390 g/mol. The molecule has 1 fully saturated rings. The summed E-state index contributed by atoms with van der Waals surface area (Å²) in [6.45, 7) is 6.90. The van der Waals surface area contributed by atoms with Gasteiger partial charge in [0.2, 0.25) is 17.7 Å². The van der Waals surface area contributed by atoms with Crippen LogP contribution < -0.4 is 5.32 Å². The van der Waals surface area contributed by atoms with E-state index in [0.717, 1.165) is 28.8 Å². The third kappa shape index (κ3) is 5.72. The van der Waals surface area contributed by atoms with E-state index in [0.29, 0.717) is 13.1 Å². The summed E-state index contributed by atoms with van der Waals surface area (Å²) in [5.41, 5.74) is 5.09. The molecule has 6 nitrogen and oxygen atoms in total. The van der Waals surface area contributed by atoms with Crippen LogP contribution in [0.25, 0.3) is 0 Å². The number of likely N-dealkylation sites (N-methyl/N-ethyl adjacent to an activating group) is 1. The molecule has 164 valence electrons. The second kappa shape index (κ2) is 9.77. The lowest BCUT2D eigenvalue weighted by Crippen LogP contribution is -2.39. The van der Waals surface area contributed by atoms with E-state index in [2.05, 4.69) is 5.32 Å². The maximum atomic E-state index is 12.8. The summed E-state index contributed by atoms with van der Waals surface area (Å²) in [6, 6.07) is 14.0. The van der Waals surface area contributed by atoms with Crippen LogP contribution in [0.2, 0.25) is 0 Å². The minimum Gasteiger partial charge on any atom is -0.342 e. The molecule has 2 aromatic carbocycles. The molecule has 1 aliphatic heterocycles. The van der Waals surface area contributed by atoms with Crippen molar-refractivity contribution in [2.45, 2.75) is 33.6 Å². The summed E-state index contributed by atoms with van der Waals surface area (Å²) >= 11 is 0. The van der Waals surface area contributed by atoms with E-state index >= 15 is 0 Å². The van der Waals surface area contributed by atoms with Crippen LogP contribution in [-0.2, 0) is 20.8 Å². The van der Waals surface area contributed by atoms with Gasteiger partial charge < -0.3 is 15.1 Å². The molecule has 0 aromatic heterocycles. The van der Waals surface area contributed by atoms with Gasteiger partial charge in [-0.05, 0) is 43.9 Å². The Kier molecular flexibility index (Phi) is 7.10. The Labute approximate surface area is 184 Å². The molecule has 1 unspecified atom stereocenters. The third-order valence-electron chi connectivity index (χ3n) is 5.78. The molecule has 1 saturated heterocycles. The SMILES string of the molecule is Cc1cc(C)c(NC(=O)CN(C)C(=O)C2CC(=O)N(CCc3ccccc3)C2)c(C)c1.